The van der Waals surface area contributed by atoms with Gasteiger partial charge in [-0.25, -0.2) is 4.98 Å². The molecule has 88 valence electrons. The normalized spacial score (nSPS) is 17.2. The van der Waals surface area contributed by atoms with Gasteiger partial charge in [0.2, 0.25) is 0 Å². The average Bonchev–Trinajstić information content (AvgIpc) is 3.14. The van der Waals surface area contributed by atoms with Crippen LogP contribution in [-0.4, -0.2) is 15.3 Å². The molecular formula is C13H14N2OS. The zero-order valence-corrected chi connectivity index (χ0v) is 10.4. The summed E-state index contributed by atoms with van der Waals surface area (Å²) >= 11 is 4.39. The molecule has 3 rings (SSSR count). The fourth-order valence-corrected chi connectivity index (χ4v) is 2.57. The molecule has 0 atom stereocenters. The van der Waals surface area contributed by atoms with Crippen molar-refractivity contribution >= 4 is 23.7 Å². The first-order valence-electron chi connectivity index (χ1n) is 5.80. The molecule has 0 N–H and O–H groups in total. The van der Waals surface area contributed by atoms with Crippen LogP contribution < -0.4 is 5.56 Å². The first kappa shape index (κ1) is 10.8. The van der Waals surface area contributed by atoms with E-state index < -0.39 is 0 Å². The number of rotatable bonds is 3. The molecule has 3 nitrogen and oxygen atoms in total. The number of aromatic nitrogens is 2. The van der Waals surface area contributed by atoms with E-state index in [0.29, 0.717) is 0 Å². The molecular weight excluding hydrogens is 232 g/mol. The number of fused-ring (bicyclic) bond motifs is 1. The van der Waals surface area contributed by atoms with Crippen molar-refractivity contribution in [2.75, 3.05) is 5.75 Å². The van der Waals surface area contributed by atoms with Crippen LogP contribution >= 0.6 is 12.6 Å². The predicted octanol–water partition coefficient (Wildman–Crippen LogP) is 2.11. The molecule has 2 aromatic rings. The average molecular weight is 246 g/mol. The van der Waals surface area contributed by atoms with E-state index >= 15 is 0 Å². The predicted molar refractivity (Wildman–Crippen MR) is 71.5 cm³/mol. The Morgan fingerprint density at radius 1 is 1.35 bits per heavy atom. The first-order valence-corrected chi connectivity index (χ1v) is 6.43. The number of hydrogen-bond acceptors (Lipinski definition) is 3. The summed E-state index contributed by atoms with van der Waals surface area (Å²) in [4.78, 5) is 16.1. The van der Waals surface area contributed by atoms with Crippen LogP contribution in [0.25, 0.3) is 11.0 Å². The number of nitrogens with zero attached hydrogens (tertiary/aromatic N) is 2. The van der Waals surface area contributed by atoms with Crippen molar-refractivity contribution < 1.29 is 0 Å². The summed E-state index contributed by atoms with van der Waals surface area (Å²) in [6.45, 7) is 0.762. The summed E-state index contributed by atoms with van der Waals surface area (Å²) in [7, 11) is 0. The third-order valence-electron chi connectivity index (χ3n) is 3.54. The highest BCUT2D eigenvalue weighted by molar-refractivity contribution is 7.80. The van der Waals surface area contributed by atoms with Crippen LogP contribution in [0, 0.1) is 5.41 Å². The Kier molecular flexibility index (Phi) is 2.47. The summed E-state index contributed by atoms with van der Waals surface area (Å²) in [5, 5.41) is 0. The second-order valence-corrected chi connectivity index (χ2v) is 5.15. The Hall–Kier alpha value is -1.29. The lowest BCUT2D eigenvalue weighted by Crippen LogP contribution is -2.26. The standard InChI is InChI=1S/C13H14N2OS/c16-12-7-14-10-3-1-2-4-11(10)15(12)8-13(9-17)5-6-13/h1-4,7,17H,5-6,8-9H2. The molecule has 1 aliphatic rings. The van der Waals surface area contributed by atoms with Gasteiger partial charge in [-0.15, -0.1) is 0 Å². The molecule has 17 heavy (non-hydrogen) atoms. The van der Waals surface area contributed by atoms with Gasteiger partial charge in [-0.05, 0) is 36.1 Å². The van der Waals surface area contributed by atoms with Crippen LogP contribution in [0.3, 0.4) is 0 Å². The monoisotopic (exact) mass is 246 g/mol. The van der Waals surface area contributed by atoms with E-state index in [1.807, 2.05) is 28.8 Å². The molecule has 0 aliphatic heterocycles. The molecule has 0 spiro atoms. The molecule has 0 amide bonds. The van der Waals surface area contributed by atoms with Crippen molar-refractivity contribution in [1.82, 2.24) is 9.55 Å². The molecule has 1 aromatic carbocycles. The Morgan fingerprint density at radius 2 is 2.12 bits per heavy atom. The maximum atomic E-state index is 11.9. The highest BCUT2D eigenvalue weighted by Crippen LogP contribution is 2.47. The molecule has 4 heteroatoms. The number of para-hydroxylation sites is 2. The van der Waals surface area contributed by atoms with E-state index in [1.165, 1.54) is 19.0 Å². The van der Waals surface area contributed by atoms with Crippen LogP contribution in [0.4, 0.5) is 0 Å². The fraction of sp³-hybridized carbons (Fsp3) is 0.385. The van der Waals surface area contributed by atoms with E-state index in [9.17, 15) is 4.79 Å². The molecule has 0 saturated heterocycles. The molecule has 0 bridgehead atoms. The zero-order valence-electron chi connectivity index (χ0n) is 9.47. The largest absolute Gasteiger partial charge is 0.305 e. The van der Waals surface area contributed by atoms with Gasteiger partial charge in [-0.1, -0.05) is 12.1 Å². The smallest absolute Gasteiger partial charge is 0.269 e. The zero-order chi connectivity index (χ0) is 11.9. The van der Waals surface area contributed by atoms with Gasteiger partial charge in [-0.2, -0.15) is 12.6 Å². The van der Waals surface area contributed by atoms with Gasteiger partial charge >= 0.3 is 0 Å². The first-order chi connectivity index (χ1) is 8.24. The molecule has 1 saturated carbocycles. The molecule has 0 radical (unpaired) electrons. The van der Waals surface area contributed by atoms with Gasteiger partial charge in [-0.3, -0.25) is 4.79 Å². The number of hydrogen-bond donors (Lipinski definition) is 1. The second kappa shape index (κ2) is 3.88. The molecule has 0 unspecified atom stereocenters. The maximum absolute atomic E-state index is 11.9. The Morgan fingerprint density at radius 3 is 2.82 bits per heavy atom. The Bertz CT molecular complexity index is 616. The van der Waals surface area contributed by atoms with Crippen molar-refractivity contribution in [2.24, 2.45) is 5.41 Å². The fourth-order valence-electron chi connectivity index (χ4n) is 2.16. The number of thiol groups is 1. The van der Waals surface area contributed by atoms with Crippen molar-refractivity contribution in [3.63, 3.8) is 0 Å². The van der Waals surface area contributed by atoms with E-state index in [2.05, 4.69) is 17.6 Å². The van der Waals surface area contributed by atoms with Crippen molar-refractivity contribution in [2.45, 2.75) is 19.4 Å². The van der Waals surface area contributed by atoms with Crippen LogP contribution in [0.1, 0.15) is 12.8 Å². The summed E-state index contributed by atoms with van der Waals surface area (Å²) in [6, 6.07) is 7.78. The third-order valence-corrected chi connectivity index (χ3v) is 4.21. The van der Waals surface area contributed by atoms with Gasteiger partial charge in [0.15, 0.2) is 0 Å². The summed E-state index contributed by atoms with van der Waals surface area (Å²) in [5.74, 6) is 0.843. The van der Waals surface area contributed by atoms with Crippen LogP contribution in [0.2, 0.25) is 0 Å². The second-order valence-electron chi connectivity index (χ2n) is 4.83. The summed E-state index contributed by atoms with van der Waals surface area (Å²) in [6.07, 6.45) is 3.75. The molecule has 1 fully saturated rings. The van der Waals surface area contributed by atoms with Crippen LogP contribution in [0.15, 0.2) is 35.3 Å². The van der Waals surface area contributed by atoms with E-state index in [4.69, 9.17) is 0 Å². The van der Waals surface area contributed by atoms with Gasteiger partial charge in [0, 0.05) is 6.54 Å². The lowest BCUT2D eigenvalue weighted by Gasteiger charge is -2.15. The van der Waals surface area contributed by atoms with Crippen LogP contribution in [0.5, 0.6) is 0 Å². The molecule has 1 heterocycles. The minimum Gasteiger partial charge on any atom is -0.305 e. The summed E-state index contributed by atoms with van der Waals surface area (Å²) < 4.78 is 1.84. The third kappa shape index (κ3) is 1.86. The van der Waals surface area contributed by atoms with Crippen LogP contribution in [-0.2, 0) is 6.54 Å². The van der Waals surface area contributed by atoms with E-state index in [0.717, 1.165) is 23.3 Å². The highest BCUT2D eigenvalue weighted by Gasteiger charge is 2.41. The minimum absolute atomic E-state index is 0.0169. The van der Waals surface area contributed by atoms with E-state index in [1.54, 1.807) is 0 Å². The summed E-state index contributed by atoms with van der Waals surface area (Å²) in [5.41, 5.74) is 2.02. The van der Waals surface area contributed by atoms with Crippen molar-refractivity contribution in [1.29, 1.82) is 0 Å². The Balaban J connectivity index is 2.14. The quantitative estimate of drug-likeness (QED) is 0.842. The van der Waals surface area contributed by atoms with Gasteiger partial charge in [0.1, 0.15) is 0 Å². The lowest BCUT2D eigenvalue weighted by molar-refractivity contribution is 0.473. The van der Waals surface area contributed by atoms with Gasteiger partial charge in [0.05, 0.1) is 17.2 Å². The van der Waals surface area contributed by atoms with E-state index in [-0.39, 0.29) is 11.0 Å². The van der Waals surface area contributed by atoms with Crippen molar-refractivity contribution in [3.8, 4) is 0 Å². The van der Waals surface area contributed by atoms with Gasteiger partial charge < -0.3 is 4.57 Å². The maximum Gasteiger partial charge on any atom is 0.269 e. The molecule has 1 aliphatic carbocycles. The Labute approximate surface area is 105 Å². The highest BCUT2D eigenvalue weighted by atomic mass is 32.1. The topological polar surface area (TPSA) is 34.9 Å². The lowest BCUT2D eigenvalue weighted by atomic mass is 10.1. The minimum atomic E-state index is -0.0169. The van der Waals surface area contributed by atoms with Crippen molar-refractivity contribution in [3.05, 3.63) is 40.8 Å². The SMILES string of the molecule is O=c1cnc2ccccc2n1CC1(CS)CC1. The number of benzene rings is 1. The molecule has 1 aromatic heterocycles. The van der Waals surface area contributed by atoms with Gasteiger partial charge in [0.25, 0.3) is 5.56 Å².